The van der Waals surface area contributed by atoms with E-state index in [1.165, 1.54) is 20.3 Å². The number of hydrogen-bond donors (Lipinski definition) is 1. The molecule has 7 heteroatoms. The molecule has 0 spiro atoms. The lowest BCUT2D eigenvalue weighted by molar-refractivity contribution is -0.138. The van der Waals surface area contributed by atoms with Crippen LogP contribution in [0, 0.1) is 0 Å². The zero-order valence-electron chi connectivity index (χ0n) is 11.9. The van der Waals surface area contributed by atoms with E-state index in [1.807, 2.05) is 0 Å². The van der Waals surface area contributed by atoms with Gasteiger partial charge in [-0.1, -0.05) is 0 Å². The molecule has 1 N–H and O–H groups in total. The Bertz CT molecular complexity index is 474. The first-order valence-corrected chi connectivity index (χ1v) is 6.51. The molecule has 1 aromatic carbocycles. The first-order valence-electron chi connectivity index (χ1n) is 6.51. The van der Waals surface area contributed by atoms with Crippen molar-refractivity contribution < 1.29 is 22.6 Å². The molecule has 120 valence electrons. The van der Waals surface area contributed by atoms with Crippen LogP contribution in [-0.4, -0.2) is 27.3 Å². The molecule has 3 nitrogen and oxygen atoms in total. The molecule has 1 saturated heterocycles. The Balaban J connectivity index is 0.00000220. The number of benzene rings is 1. The monoisotopic (exact) mass is 325 g/mol. The normalized spacial score (nSPS) is 18.8. The summed E-state index contributed by atoms with van der Waals surface area (Å²) in [6, 6.07) is 2.49. The molecule has 1 aliphatic heterocycles. The van der Waals surface area contributed by atoms with Gasteiger partial charge >= 0.3 is 6.18 Å². The molecular formula is C14H19ClF3NO2. The molecular weight excluding hydrogens is 307 g/mol. The van der Waals surface area contributed by atoms with Gasteiger partial charge in [0.25, 0.3) is 0 Å². The number of halogens is 4. The van der Waals surface area contributed by atoms with Gasteiger partial charge in [-0.05, 0) is 31.5 Å². The van der Waals surface area contributed by atoms with E-state index in [1.54, 1.807) is 0 Å². The summed E-state index contributed by atoms with van der Waals surface area (Å²) in [5, 5.41) is 3.25. The topological polar surface area (TPSA) is 30.5 Å². The summed E-state index contributed by atoms with van der Waals surface area (Å²) in [5.41, 5.74) is -0.0334. The molecule has 0 aliphatic carbocycles. The summed E-state index contributed by atoms with van der Waals surface area (Å²) in [4.78, 5) is 0. The number of ether oxygens (including phenoxy) is 2. The Morgan fingerprint density at radius 3 is 2.29 bits per heavy atom. The van der Waals surface area contributed by atoms with Crippen molar-refractivity contribution in [1.82, 2.24) is 5.32 Å². The van der Waals surface area contributed by atoms with Gasteiger partial charge in [0.2, 0.25) is 0 Å². The zero-order chi connectivity index (χ0) is 14.8. The van der Waals surface area contributed by atoms with Crippen LogP contribution in [0.25, 0.3) is 0 Å². The number of hydrogen-bond acceptors (Lipinski definition) is 3. The molecule has 21 heavy (non-hydrogen) atoms. The number of nitrogens with one attached hydrogen (secondary N) is 1. The van der Waals surface area contributed by atoms with Crippen molar-refractivity contribution in [3.05, 3.63) is 23.3 Å². The maximum atomic E-state index is 13.0. The van der Waals surface area contributed by atoms with Crippen molar-refractivity contribution in [3.8, 4) is 11.5 Å². The molecule has 0 unspecified atom stereocenters. The SMILES string of the molecule is COc1cc(C(F)(F)F)c(OC)cc1[C@H]1CCCNC1.Cl. The van der Waals surface area contributed by atoms with Gasteiger partial charge in [0.1, 0.15) is 17.1 Å². The average Bonchev–Trinajstić information content (AvgIpc) is 2.45. The van der Waals surface area contributed by atoms with E-state index in [4.69, 9.17) is 9.47 Å². The lowest BCUT2D eigenvalue weighted by Crippen LogP contribution is -2.28. The smallest absolute Gasteiger partial charge is 0.420 e. The third-order valence-electron chi connectivity index (χ3n) is 3.59. The molecule has 1 aliphatic rings. The lowest BCUT2D eigenvalue weighted by Gasteiger charge is -2.26. The summed E-state index contributed by atoms with van der Waals surface area (Å²) in [6.45, 7) is 1.68. The van der Waals surface area contributed by atoms with Crippen LogP contribution in [0.15, 0.2) is 12.1 Å². The fraction of sp³-hybridized carbons (Fsp3) is 0.571. The molecule has 1 atom stereocenters. The van der Waals surface area contributed by atoms with Crippen LogP contribution >= 0.6 is 12.4 Å². The van der Waals surface area contributed by atoms with Gasteiger partial charge in [-0.2, -0.15) is 13.2 Å². The van der Waals surface area contributed by atoms with Gasteiger partial charge in [-0.25, -0.2) is 0 Å². The number of piperidine rings is 1. The number of methoxy groups -OCH3 is 2. The Hall–Kier alpha value is -1.14. The minimum absolute atomic E-state index is 0. The van der Waals surface area contributed by atoms with E-state index in [0.29, 0.717) is 0 Å². The largest absolute Gasteiger partial charge is 0.496 e. The summed E-state index contributed by atoms with van der Waals surface area (Å²) < 4.78 is 49.0. The minimum Gasteiger partial charge on any atom is -0.496 e. The first-order chi connectivity index (χ1) is 9.47. The number of alkyl halides is 3. The van der Waals surface area contributed by atoms with E-state index >= 15 is 0 Å². The quantitative estimate of drug-likeness (QED) is 0.921. The zero-order valence-corrected chi connectivity index (χ0v) is 12.7. The van der Waals surface area contributed by atoms with E-state index in [-0.39, 0.29) is 29.8 Å². The van der Waals surface area contributed by atoms with Crippen LogP contribution in [0.1, 0.15) is 29.9 Å². The second-order valence-electron chi connectivity index (χ2n) is 4.84. The van der Waals surface area contributed by atoms with Crippen LogP contribution in [0.5, 0.6) is 11.5 Å². The van der Waals surface area contributed by atoms with E-state index < -0.39 is 11.7 Å². The highest BCUT2D eigenvalue weighted by molar-refractivity contribution is 5.85. The minimum atomic E-state index is -4.46. The predicted octanol–water partition coefficient (Wildman–Crippen LogP) is 3.61. The molecule has 1 heterocycles. The Kier molecular flexibility index (Phi) is 6.16. The Labute approximate surface area is 128 Å². The summed E-state index contributed by atoms with van der Waals surface area (Å²) in [6.07, 6.45) is -2.53. The molecule has 2 rings (SSSR count). The molecule has 0 amide bonds. The van der Waals surface area contributed by atoms with Gasteiger partial charge in [0, 0.05) is 18.0 Å². The highest BCUT2D eigenvalue weighted by Crippen LogP contribution is 2.42. The van der Waals surface area contributed by atoms with E-state index in [2.05, 4.69) is 5.32 Å². The fourth-order valence-corrected chi connectivity index (χ4v) is 2.58. The standard InChI is InChI=1S/C14H18F3NO2.ClH/c1-19-12-7-11(14(15,16)17)13(20-2)6-10(12)9-4-3-5-18-8-9;/h6-7,9,18H,3-5,8H2,1-2H3;1H/t9-;/m0./s1. The Morgan fingerprint density at radius 2 is 1.81 bits per heavy atom. The van der Waals surface area contributed by atoms with Gasteiger partial charge in [0.05, 0.1) is 14.2 Å². The van der Waals surface area contributed by atoms with Crippen molar-refractivity contribution >= 4 is 12.4 Å². The van der Waals surface area contributed by atoms with Crippen LogP contribution in [0.3, 0.4) is 0 Å². The third-order valence-corrected chi connectivity index (χ3v) is 3.59. The summed E-state index contributed by atoms with van der Waals surface area (Å²) >= 11 is 0. The molecule has 0 aromatic heterocycles. The van der Waals surface area contributed by atoms with Crippen LogP contribution in [0.2, 0.25) is 0 Å². The van der Waals surface area contributed by atoms with Gasteiger partial charge < -0.3 is 14.8 Å². The van der Waals surface area contributed by atoms with Crippen LogP contribution < -0.4 is 14.8 Å². The van der Waals surface area contributed by atoms with Crippen molar-refractivity contribution in [3.63, 3.8) is 0 Å². The molecule has 1 aromatic rings. The lowest BCUT2D eigenvalue weighted by atomic mass is 9.90. The van der Waals surface area contributed by atoms with Gasteiger partial charge in [0.15, 0.2) is 0 Å². The summed E-state index contributed by atoms with van der Waals surface area (Å²) in [7, 11) is 2.64. The van der Waals surface area contributed by atoms with Gasteiger partial charge in [-0.3, -0.25) is 0 Å². The molecule has 0 saturated carbocycles. The van der Waals surface area contributed by atoms with Gasteiger partial charge in [-0.15, -0.1) is 12.4 Å². The molecule has 1 fully saturated rings. The van der Waals surface area contributed by atoms with E-state index in [0.717, 1.165) is 37.6 Å². The van der Waals surface area contributed by atoms with Crippen molar-refractivity contribution in [2.45, 2.75) is 24.9 Å². The highest BCUT2D eigenvalue weighted by atomic mass is 35.5. The second kappa shape index (κ2) is 7.22. The van der Waals surface area contributed by atoms with Crippen molar-refractivity contribution in [2.75, 3.05) is 27.3 Å². The van der Waals surface area contributed by atoms with Crippen molar-refractivity contribution in [2.24, 2.45) is 0 Å². The third kappa shape index (κ3) is 3.95. The number of rotatable bonds is 3. The second-order valence-corrected chi connectivity index (χ2v) is 4.84. The fourth-order valence-electron chi connectivity index (χ4n) is 2.58. The predicted molar refractivity (Wildman–Crippen MR) is 76.6 cm³/mol. The van der Waals surface area contributed by atoms with Crippen LogP contribution in [-0.2, 0) is 6.18 Å². The summed E-state index contributed by atoms with van der Waals surface area (Å²) in [5.74, 6) is 0.264. The van der Waals surface area contributed by atoms with Crippen molar-refractivity contribution in [1.29, 1.82) is 0 Å². The molecule has 0 bridgehead atoms. The van der Waals surface area contributed by atoms with E-state index in [9.17, 15) is 13.2 Å². The molecule has 0 radical (unpaired) electrons. The van der Waals surface area contributed by atoms with Crippen LogP contribution in [0.4, 0.5) is 13.2 Å². The average molecular weight is 326 g/mol. The Morgan fingerprint density at radius 1 is 1.14 bits per heavy atom. The first kappa shape index (κ1) is 17.9. The maximum Gasteiger partial charge on any atom is 0.420 e. The maximum absolute atomic E-state index is 13.0. The highest BCUT2D eigenvalue weighted by Gasteiger charge is 2.36.